The first-order chi connectivity index (χ1) is 4.70. The highest BCUT2D eigenvalue weighted by molar-refractivity contribution is 6.21. The van der Waals surface area contributed by atoms with Crippen LogP contribution in [0.5, 0.6) is 0 Å². The standard InChI is InChI=1S/C6H13O3Si/c1-3-6(4-2)5-9-10(7)8/h6H,3-5H2,1-2H3/q-1. The van der Waals surface area contributed by atoms with Crippen molar-refractivity contribution >= 4 is 9.17 Å². The van der Waals surface area contributed by atoms with E-state index in [1.165, 1.54) is 0 Å². The van der Waals surface area contributed by atoms with E-state index in [1.807, 2.05) is 13.8 Å². The van der Waals surface area contributed by atoms with E-state index in [0.717, 1.165) is 12.8 Å². The van der Waals surface area contributed by atoms with Gasteiger partial charge in [-0.3, -0.25) is 0 Å². The molecule has 60 valence electrons. The van der Waals surface area contributed by atoms with E-state index in [-0.39, 0.29) is 0 Å². The largest absolute Gasteiger partial charge is 0.588 e. The second-order valence-electron chi connectivity index (χ2n) is 2.24. The molecule has 0 aromatic carbocycles. The first-order valence-electron chi connectivity index (χ1n) is 3.54. The van der Waals surface area contributed by atoms with Crippen molar-refractivity contribution in [1.82, 2.24) is 0 Å². The molecule has 4 heteroatoms. The zero-order chi connectivity index (χ0) is 7.98. The number of hydrogen-bond donors (Lipinski definition) is 0. The molecular weight excluding hydrogens is 148 g/mol. The van der Waals surface area contributed by atoms with Gasteiger partial charge in [-0.25, -0.2) is 0 Å². The van der Waals surface area contributed by atoms with Gasteiger partial charge in [0, 0.05) is 6.61 Å². The van der Waals surface area contributed by atoms with Crippen LogP contribution in [0.15, 0.2) is 0 Å². The highest BCUT2D eigenvalue weighted by atomic mass is 28.3. The molecule has 0 rings (SSSR count). The Hall–Kier alpha value is -0.383. The molecule has 0 saturated carbocycles. The molecule has 0 aliphatic heterocycles. The molecule has 3 nitrogen and oxygen atoms in total. The molecule has 0 aromatic rings. The van der Waals surface area contributed by atoms with Crippen LogP contribution in [0, 0.1) is 5.92 Å². The van der Waals surface area contributed by atoms with Gasteiger partial charge in [-0.05, 0) is 5.92 Å². The second-order valence-corrected chi connectivity index (χ2v) is 3.03. The third kappa shape index (κ3) is 4.49. The summed E-state index contributed by atoms with van der Waals surface area (Å²) < 4.78 is 14.5. The van der Waals surface area contributed by atoms with Crippen LogP contribution in [-0.4, -0.2) is 15.8 Å². The predicted octanol–water partition coefficient (Wildman–Crippen LogP) is 0.215. The molecular formula is C6H13O3Si-. The van der Waals surface area contributed by atoms with Gasteiger partial charge in [-0.2, -0.15) is 0 Å². The van der Waals surface area contributed by atoms with Gasteiger partial charge in [-0.15, -0.1) is 0 Å². The van der Waals surface area contributed by atoms with Crippen molar-refractivity contribution in [2.75, 3.05) is 6.61 Å². The minimum absolute atomic E-state index is 0.355. The lowest BCUT2D eigenvalue weighted by Crippen LogP contribution is -2.26. The summed E-state index contributed by atoms with van der Waals surface area (Å²) in [6, 6.07) is 0. The van der Waals surface area contributed by atoms with Crippen LogP contribution in [0.4, 0.5) is 0 Å². The van der Waals surface area contributed by atoms with Crippen molar-refractivity contribution < 1.29 is 13.7 Å². The monoisotopic (exact) mass is 161 g/mol. The van der Waals surface area contributed by atoms with E-state index >= 15 is 0 Å². The Morgan fingerprint density at radius 1 is 1.50 bits per heavy atom. The van der Waals surface area contributed by atoms with Crippen molar-refractivity contribution in [3.63, 3.8) is 0 Å². The molecule has 0 radical (unpaired) electrons. The lowest BCUT2D eigenvalue weighted by Gasteiger charge is -2.15. The average molecular weight is 161 g/mol. The average Bonchev–Trinajstić information content (AvgIpc) is 1.90. The molecule has 0 aliphatic carbocycles. The van der Waals surface area contributed by atoms with Crippen LogP contribution in [0.25, 0.3) is 0 Å². The van der Waals surface area contributed by atoms with E-state index in [4.69, 9.17) is 0 Å². The van der Waals surface area contributed by atoms with E-state index in [0.29, 0.717) is 12.5 Å². The number of hydrogen-bond acceptors (Lipinski definition) is 3. The zero-order valence-electron chi connectivity index (χ0n) is 6.42. The molecule has 0 bridgehead atoms. The summed E-state index contributed by atoms with van der Waals surface area (Å²) in [4.78, 5) is 9.99. The van der Waals surface area contributed by atoms with Gasteiger partial charge in [0.25, 0.3) is 0 Å². The Kier molecular flexibility index (Phi) is 5.20. The van der Waals surface area contributed by atoms with Crippen molar-refractivity contribution in [2.45, 2.75) is 26.7 Å². The Morgan fingerprint density at radius 2 is 2.00 bits per heavy atom. The molecule has 0 unspecified atom stereocenters. The molecule has 0 saturated heterocycles. The van der Waals surface area contributed by atoms with Gasteiger partial charge in [0.1, 0.15) is 0 Å². The normalized spacial score (nSPS) is 9.90. The predicted molar refractivity (Wildman–Crippen MR) is 36.5 cm³/mol. The van der Waals surface area contributed by atoms with Gasteiger partial charge in [0.05, 0.1) is 0 Å². The van der Waals surface area contributed by atoms with E-state index in [9.17, 15) is 9.26 Å². The number of rotatable bonds is 5. The van der Waals surface area contributed by atoms with Gasteiger partial charge >= 0.3 is 9.17 Å². The zero-order valence-corrected chi connectivity index (χ0v) is 7.42. The highest BCUT2D eigenvalue weighted by Gasteiger charge is 2.00. The second kappa shape index (κ2) is 5.41. The van der Waals surface area contributed by atoms with Gasteiger partial charge in [-0.1, -0.05) is 26.7 Å². The Balaban J connectivity index is 3.34. The summed E-state index contributed by atoms with van der Waals surface area (Å²) in [6.45, 7) is 4.41. The molecule has 0 amide bonds. The molecule has 0 aromatic heterocycles. The van der Waals surface area contributed by atoms with Crippen LogP contribution in [0.1, 0.15) is 26.7 Å². The Bertz CT molecular complexity index is 101. The molecule has 0 spiro atoms. The molecule has 0 N–H and O–H groups in total. The van der Waals surface area contributed by atoms with Gasteiger partial charge in [0.2, 0.25) is 0 Å². The van der Waals surface area contributed by atoms with Gasteiger partial charge < -0.3 is 13.7 Å². The van der Waals surface area contributed by atoms with E-state index in [1.54, 1.807) is 0 Å². The summed E-state index contributed by atoms with van der Waals surface area (Å²) in [7, 11) is -2.95. The van der Waals surface area contributed by atoms with Crippen molar-refractivity contribution in [3.05, 3.63) is 0 Å². The van der Waals surface area contributed by atoms with Crippen LogP contribution >= 0.6 is 0 Å². The minimum atomic E-state index is -2.95. The summed E-state index contributed by atoms with van der Waals surface area (Å²) in [6.07, 6.45) is 1.96. The first-order valence-corrected chi connectivity index (χ1v) is 4.76. The topological polar surface area (TPSA) is 49.4 Å². The third-order valence-electron chi connectivity index (χ3n) is 1.59. The summed E-state index contributed by atoms with van der Waals surface area (Å²) in [5.74, 6) is 0.392. The summed E-state index contributed by atoms with van der Waals surface area (Å²) in [5, 5.41) is 0. The Morgan fingerprint density at radius 3 is 2.30 bits per heavy atom. The lowest BCUT2D eigenvalue weighted by molar-refractivity contribution is -0.230. The fourth-order valence-electron chi connectivity index (χ4n) is 0.710. The van der Waals surface area contributed by atoms with E-state index < -0.39 is 9.17 Å². The summed E-state index contributed by atoms with van der Waals surface area (Å²) >= 11 is 0. The molecule has 0 aliphatic rings. The smallest absolute Gasteiger partial charge is 0.413 e. The van der Waals surface area contributed by atoms with Gasteiger partial charge in [0.15, 0.2) is 0 Å². The molecule has 10 heavy (non-hydrogen) atoms. The Labute approximate surface area is 62.9 Å². The lowest BCUT2D eigenvalue weighted by atomic mass is 10.1. The maximum Gasteiger partial charge on any atom is 0.413 e. The van der Waals surface area contributed by atoms with Crippen molar-refractivity contribution in [2.24, 2.45) is 5.92 Å². The van der Waals surface area contributed by atoms with Crippen molar-refractivity contribution in [3.8, 4) is 0 Å². The fraction of sp³-hybridized carbons (Fsp3) is 1.00. The third-order valence-corrected chi connectivity index (χ3v) is 1.99. The fourth-order valence-corrected chi connectivity index (χ4v) is 1.08. The summed E-state index contributed by atoms with van der Waals surface area (Å²) in [5.41, 5.74) is 0. The SMILES string of the molecule is CCC(CC)CO[Si](=O)[O-]. The maximum absolute atomic E-state index is 9.99. The van der Waals surface area contributed by atoms with Crippen molar-refractivity contribution in [1.29, 1.82) is 0 Å². The molecule has 0 fully saturated rings. The minimum Gasteiger partial charge on any atom is -0.588 e. The molecule has 0 heterocycles. The van der Waals surface area contributed by atoms with Crippen LogP contribution < -0.4 is 4.80 Å². The maximum atomic E-state index is 9.99. The first kappa shape index (κ1) is 9.62. The van der Waals surface area contributed by atoms with Crippen LogP contribution in [0.3, 0.4) is 0 Å². The van der Waals surface area contributed by atoms with E-state index in [2.05, 4.69) is 4.43 Å². The molecule has 0 atom stereocenters. The van der Waals surface area contributed by atoms with Crippen LogP contribution in [0.2, 0.25) is 0 Å². The highest BCUT2D eigenvalue weighted by Crippen LogP contribution is 2.06. The quantitative estimate of drug-likeness (QED) is 0.542. The van der Waals surface area contributed by atoms with Crippen LogP contribution in [-0.2, 0) is 8.89 Å².